The maximum absolute atomic E-state index is 5.86. The van der Waals surface area contributed by atoms with Crippen molar-refractivity contribution in [2.24, 2.45) is 5.92 Å². The quantitative estimate of drug-likeness (QED) is 0.747. The molecule has 3 nitrogen and oxygen atoms in total. The molecule has 1 fully saturated rings. The molecule has 0 atom stereocenters. The van der Waals surface area contributed by atoms with Gasteiger partial charge in [-0.15, -0.1) is 6.42 Å². The zero-order valence-corrected chi connectivity index (χ0v) is 11.3. The number of aryl methyl sites for hydroxylation is 1. The van der Waals surface area contributed by atoms with Crippen LogP contribution in [-0.2, 0) is 13.1 Å². The Morgan fingerprint density at radius 2 is 2.33 bits per heavy atom. The summed E-state index contributed by atoms with van der Waals surface area (Å²) >= 11 is 0. The average Bonchev–Trinajstić information content (AvgIpc) is 3.06. The Kier molecular flexibility index (Phi) is 4.46. The number of nitrogens with one attached hydrogen (secondary N) is 1. The van der Waals surface area contributed by atoms with Crippen LogP contribution in [0.3, 0.4) is 0 Å². The molecule has 0 unspecified atom stereocenters. The highest BCUT2D eigenvalue weighted by atomic mass is 16.3. The molecular weight excluding hydrogens is 224 g/mol. The summed E-state index contributed by atoms with van der Waals surface area (Å²) in [6.07, 6.45) is 8.13. The van der Waals surface area contributed by atoms with Gasteiger partial charge in [0.15, 0.2) is 0 Å². The molecule has 1 saturated carbocycles. The van der Waals surface area contributed by atoms with Crippen molar-refractivity contribution in [1.29, 1.82) is 0 Å². The summed E-state index contributed by atoms with van der Waals surface area (Å²) < 4.78 is 5.86. The molecule has 0 amide bonds. The molecule has 1 aromatic rings. The Balaban J connectivity index is 1.96. The van der Waals surface area contributed by atoms with Crippen LogP contribution in [0, 0.1) is 25.2 Å². The molecule has 0 bridgehead atoms. The van der Waals surface area contributed by atoms with Gasteiger partial charge in [0.25, 0.3) is 0 Å². The third kappa shape index (κ3) is 3.63. The van der Waals surface area contributed by atoms with Crippen LogP contribution >= 0.6 is 0 Å². The van der Waals surface area contributed by atoms with Gasteiger partial charge in [0, 0.05) is 6.54 Å². The number of furan rings is 1. The summed E-state index contributed by atoms with van der Waals surface area (Å²) in [5, 5.41) is 3.12. The first-order chi connectivity index (χ1) is 8.72. The predicted molar refractivity (Wildman–Crippen MR) is 73.0 cm³/mol. The standard InChI is InChI=1S/C15H22N2O/c1-4-7-17(10-13-5-6-13)11-14-8-12(2)15(18-14)9-16-3/h1,8,13,16H,5-7,9-11H2,2-3H3. The van der Waals surface area contributed by atoms with Gasteiger partial charge in [-0.05, 0) is 44.4 Å². The highest BCUT2D eigenvalue weighted by molar-refractivity contribution is 5.20. The zero-order valence-electron chi connectivity index (χ0n) is 11.3. The fourth-order valence-corrected chi connectivity index (χ4v) is 2.20. The lowest BCUT2D eigenvalue weighted by Gasteiger charge is -2.17. The monoisotopic (exact) mass is 246 g/mol. The summed E-state index contributed by atoms with van der Waals surface area (Å²) in [6, 6.07) is 2.13. The van der Waals surface area contributed by atoms with Gasteiger partial charge in [-0.3, -0.25) is 4.90 Å². The van der Waals surface area contributed by atoms with E-state index in [4.69, 9.17) is 10.8 Å². The number of hydrogen-bond acceptors (Lipinski definition) is 3. The minimum Gasteiger partial charge on any atom is -0.463 e. The number of rotatable bonds is 7. The lowest BCUT2D eigenvalue weighted by Crippen LogP contribution is -2.25. The Labute approximate surface area is 110 Å². The molecule has 1 N–H and O–H groups in total. The van der Waals surface area contributed by atoms with Gasteiger partial charge in [-0.25, -0.2) is 0 Å². The third-order valence-corrected chi connectivity index (χ3v) is 3.32. The molecule has 98 valence electrons. The second-order valence-corrected chi connectivity index (χ2v) is 5.17. The van der Waals surface area contributed by atoms with Gasteiger partial charge in [0.1, 0.15) is 11.5 Å². The first-order valence-corrected chi connectivity index (χ1v) is 6.61. The summed E-state index contributed by atoms with van der Waals surface area (Å²) in [7, 11) is 1.93. The number of nitrogens with zero attached hydrogens (tertiary/aromatic N) is 1. The van der Waals surface area contributed by atoms with Crippen molar-refractivity contribution in [3.8, 4) is 12.3 Å². The SMILES string of the molecule is C#CCN(Cc1cc(C)c(CNC)o1)CC1CC1. The van der Waals surface area contributed by atoms with Crippen molar-refractivity contribution >= 4 is 0 Å². The van der Waals surface area contributed by atoms with Crippen molar-refractivity contribution in [2.75, 3.05) is 20.1 Å². The second-order valence-electron chi connectivity index (χ2n) is 5.17. The molecule has 18 heavy (non-hydrogen) atoms. The highest BCUT2D eigenvalue weighted by Crippen LogP contribution is 2.30. The highest BCUT2D eigenvalue weighted by Gasteiger charge is 2.24. The molecule has 2 rings (SSSR count). The second kappa shape index (κ2) is 6.08. The van der Waals surface area contributed by atoms with Gasteiger partial charge in [-0.2, -0.15) is 0 Å². The Morgan fingerprint density at radius 1 is 1.56 bits per heavy atom. The molecule has 1 aliphatic carbocycles. The van der Waals surface area contributed by atoms with Gasteiger partial charge >= 0.3 is 0 Å². The minimum atomic E-state index is 0.706. The zero-order chi connectivity index (χ0) is 13.0. The van der Waals surface area contributed by atoms with Crippen LogP contribution < -0.4 is 5.32 Å². The summed E-state index contributed by atoms with van der Waals surface area (Å²) in [6.45, 7) is 5.50. The minimum absolute atomic E-state index is 0.706. The lowest BCUT2D eigenvalue weighted by atomic mass is 10.2. The van der Waals surface area contributed by atoms with Crippen molar-refractivity contribution in [1.82, 2.24) is 10.2 Å². The van der Waals surface area contributed by atoms with Crippen LogP contribution in [-0.4, -0.2) is 25.0 Å². The fraction of sp³-hybridized carbons (Fsp3) is 0.600. The summed E-state index contributed by atoms with van der Waals surface area (Å²) in [5.41, 5.74) is 1.21. The maximum atomic E-state index is 5.86. The van der Waals surface area contributed by atoms with Gasteiger partial charge < -0.3 is 9.73 Å². The first kappa shape index (κ1) is 13.2. The van der Waals surface area contributed by atoms with E-state index in [1.165, 1.54) is 18.4 Å². The molecule has 0 aliphatic heterocycles. The van der Waals surface area contributed by atoms with Crippen molar-refractivity contribution in [3.05, 3.63) is 23.2 Å². The van der Waals surface area contributed by atoms with Crippen LogP contribution in [0.25, 0.3) is 0 Å². The molecule has 1 aromatic heterocycles. The Bertz CT molecular complexity index is 426. The van der Waals surface area contributed by atoms with Crippen LogP contribution in [0.2, 0.25) is 0 Å². The maximum Gasteiger partial charge on any atom is 0.120 e. The van der Waals surface area contributed by atoms with Gasteiger partial charge in [-0.1, -0.05) is 5.92 Å². The summed E-state index contributed by atoms with van der Waals surface area (Å²) in [5.74, 6) is 5.64. The van der Waals surface area contributed by atoms with E-state index in [0.29, 0.717) is 6.54 Å². The van der Waals surface area contributed by atoms with E-state index in [-0.39, 0.29) is 0 Å². The largest absolute Gasteiger partial charge is 0.463 e. The molecular formula is C15H22N2O. The van der Waals surface area contributed by atoms with Crippen LogP contribution in [0.4, 0.5) is 0 Å². The molecule has 0 radical (unpaired) electrons. The molecule has 0 aromatic carbocycles. The average molecular weight is 246 g/mol. The number of terminal acetylenes is 1. The molecule has 3 heteroatoms. The molecule has 1 aliphatic rings. The van der Waals surface area contributed by atoms with Crippen LogP contribution in [0.5, 0.6) is 0 Å². The van der Waals surface area contributed by atoms with E-state index >= 15 is 0 Å². The van der Waals surface area contributed by atoms with E-state index in [1.54, 1.807) is 0 Å². The Morgan fingerprint density at radius 3 is 2.94 bits per heavy atom. The smallest absolute Gasteiger partial charge is 0.120 e. The number of hydrogen-bond donors (Lipinski definition) is 1. The third-order valence-electron chi connectivity index (χ3n) is 3.32. The van der Waals surface area contributed by atoms with Gasteiger partial charge in [0.2, 0.25) is 0 Å². The Hall–Kier alpha value is -1.24. The van der Waals surface area contributed by atoms with E-state index < -0.39 is 0 Å². The lowest BCUT2D eigenvalue weighted by molar-refractivity contribution is 0.258. The predicted octanol–water partition coefficient (Wildman–Crippen LogP) is 2.15. The first-order valence-electron chi connectivity index (χ1n) is 6.61. The van der Waals surface area contributed by atoms with Crippen molar-refractivity contribution < 1.29 is 4.42 Å². The molecule has 0 spiro atoms. The fourth-order valence-electron chi connectivity index (χ4n) is 2.20. The normalized spacial score (nSPS) is 15.0. The van der Waals surface area contributed by atoms with E-state index in [9.17, 15) is 0 Å². The van der Waals surface area contributed by atoms with Crippen molar-refractivity contribution in [2.45, 2.75) is 32.9 Å². The van der Waals surface area contributed by atoms with E-state index in [0.717, 1.165) is 37.1 Å². The molecule has 0 saturated heterocycles. The topological polar surface area (TPSA) is 28.4 Å². The molecule has 1 heterocycles. The van der Waals surface area contributed by atoms with Crippen LogP contribution in [0.15, 0.2) is 10.5 Å². The summed E-state index contributed by atoms with van der Waals surface area (Å²) in [4.78, 5) is 2.30. The van der Waals surface area contributed by atoms with Crippen LogP contribution in [0.1, 0.15) is 29.9 Å². The van der Waals surface area contributed by atoms with E-state index in [1.807, 2.05) is 7.05 Å². The van der Waals surface area contributed by atoms with E-state index in [2.05, 4.69) is 29.1 Å². The van der Waals surface area contributed by atoms with Gasteiger partial charge in [0.05, 0.1) is 19.6 Å². The van der Waals surface area contributed by atoms with Crippen molar-refractivity contribution in [3.63, 3.8) is 0 Å².